The Hall–Kier alpha value is -3.62. The second kappa shape index (κ2) is 8.25. The molecule has 1 fully saturated rings. The van der Waals surface area contributed by atoms with Crippen LogP contribution in [0.25, 0.3) is 22.1 Å². The van der Waals surface area contributed by atoms with E-state index < -0.39 is 17.6 Å². The van der Waals surface area contributed by atoms with Crippen molar-refractivity contribution in [3.63, 3.8) is 0 Å². The minimum atomic E-state index is -0.916. The summed E-state index contributed by atoms with van der Waals surface area (Å²) >= 11 is 0. The van der Waals surface area contributed by atoms with Gasteiger partial charge in [-0.05, 0) is 47.7 Å². The Morgan fingerprint density at radius 3 is 2.60 bits per heavy atom. The first-order valence-electron chi connectivity index (χ1n) is 11.8. The van der Waals surface area contributed by atoms with Gasteiger partial charge >= 0.3 is 0 Å². The monoisotopic (exact) mass is 471 g/mol. The highest BCUT2D eigenvalue weighted by molar-refractivity contribution is 6.28. The van der Waals surface area contributed by atoms with Crippen LogP contribution in [-0.2, 0) is 20.7 Å². The third-order valence-electron chi connectivity index (χ3n) is 7.49. The van der Waals surface area contributed by atoms with Crippen LogP contribution in [0.1, 0.15) is 21.6 Å². The number of carbonyl (C=O) groups is 3. The predicted molar refractivity (Wildman–Crippen MR) is 128 cm³/mol. The molecule has 2 N–H and O–H groups in total. The summed E-state index contributed by atoms with van der Waals surface area (Å²) in [6.07, 6.45) is 2.22. The Bertz CT molecular complexity index is 1420. The Kier molecular flexibility index (Phi) is 5.16. The molecule has 6 rings (SSSR count). The van der Waals surface area contributed by atoms with Crippen LogP contribution in [-0.4, -0.2) is 59.9 Å². The maximum Gasteiger partial charge on any atom is 0.252 e. The van der Waals surface area contributed by atoms with Crippen LogP contribution in [0.3, 0.4) is 0 Å². The van der Waals surface area contributed by atoms with Gasteiger partial charge in [0.15, 0.2) is 17.3 Å². The van der Waals surface area contributed by atoms with Crippen molar-refractivity contribution in [2.75, 3.05) is 26.3 Å². The molecule has 2 aromatic carbocycles. The van der Waals surface area contributed by atoms with Crippen molar-refractivity contribution in [1.29, 1.82) is 0 Å². The lowest BCUT2D eigenvalue weighted by Crippen LogP contribution is -2.55. The summed E-state index contributed by atoms with van der Waals surface area (Å²) in [6.45, 7) is 4.34. The van der Waals surface area contributed by atoms with Gasteiger partial charge in [0.2, 0.25) is 0 Å². The Morgan fingerprint density at radius 2 is 1.89 bits per heavy atom. The van der Waals surface area contributed by atoms with Crippen LogP contribution in [0.5, 0.6) is 0 Å². The highest BCUT2D eigenvalue weighted by Crippen LogP contribution is 2.42. The first-order valence-corrected chi connectivity index (χ1v) is 11.8. The van der Waals surface area contributed by atoms with Crippen molar-refractivity contribution < 1.29 is 23.6 Å². The van der Waals surface area contributed by atoms with E-state index in [1.54, 1.807) is 6.08 Å². The average molecular weight is 472 g/mol. The van der Waals surface area contributed by atoms with Crippen molar-refractivity contribution in [2.45, 2.75) is 19.4 Å². The zero-order valence-corrected chi connectivity index (χ0v) is 19.3. The van der Waals surface area contributed by atoms with E-state index in [2.05, 4.69) is 10.1 Å². The van der Waals surface area contributed by atoms with Gasteiger partial charge in [-0.3, -0.25) is 19.3 Å². The van der Waals surface area contributed by atoms with E-state index in [1.807, 2.05) is 43.3 Å². The minimum absolute atomic E-state index is 0.0664. The largest absolute Gasteiger partial charge is 0.379 e. The van der Waals surface area contributed by atoms with Crippen molar-refractivity contribution in [3.05, 3.63) is 64.9 Å². The summed E-state index contributed by atoms with van der Waals surface area (Å²) in [6, 6.07) is 11.4. The number of aryl methyl sites for hydroxylation is 1. The maximum atomic E-state index is 13.8. The molecule has 3 aliphatic rings. The number of carbonyl (C=O) groups excluding carboxylic acids is 3. The van der Waals surface area contributed by atoms with E-state index in [0.29, 0.717) is 44.0 Å². The lowest BCUT2D eigenvalue weighted by molar-refractivity contribution is -0.125. The van der Waals surface area contributed by atoms with Gasteiger partial charge < -0.3 is 15.0 Å². The molecule has 8 heteroatoms. The number of morpholine rings is 1. The highest BCUT2D eigenvalue weighted by Gasteiger charge is 2.49. The molecule has 3 atom stereocenters. The van der Waals surface area contributed by atoms with Crippen LogP contribution >= 0.6 is 0 Å². The maximum absolute atomic E-state index is 13.8. The predicted octanol–water partition coefficient (Wildman–Crippen LogP) is 2.47. The molecule has 1 aromatic heterocycles. The number of rotatable bonds is 3. The van der Waals surface area contributed by atoms with E-state index in [-0.39, 0.29) is 23.3 Å². The number of ether oxygens (including phenoxy) is 1. The van der Waals surface area contributed by atoms with E-state index >= 15 is 0 Å². The normalized spacial score (nSPS) is 24.7. The van der Waals surface area contributed by atoms with Crippen LogP contribution in [0.4, 0.5) is 0 Å². The molecule has 1 aliphatic heterocycles. The fourth-order valence-corrected chi connectivity index (χ4v) is 5.84. The third kappa shape index (κ3) is 3.52. The Balaban J connectivity index is 1.48. The molecule has 1 saturated heterocycles. The SMILES string of the molecule is Cc1cc(-c2cccc3cc4c(cc23)CC2C(C(=O)C(C(N)=O)=CC2N2CCOCC2)C4=O)on1. The smallest absolute Gasteiger partial charge is 0.252 e. The summed E-state index contributed by atoms with van der Waals surface area (Å²) < 4.78 is 11.0. The molecule has 3 unspecified atom stereocenters. The summed E-state index contributed by atoms with van der Waals surface area (Å²) in [7, 11) is 0. The molecule has 0 bridgehead atoms. The van der Waals surface area contributed by atoms with Gasteiger partial charge in [-0.25, -0.2) is 0 Å². The van der Waals surface area contributed by atoms with E-state index in [0.717, 1.165) is 27.6 Å². The number of ketones is 2. The third-order valence-corrected chi connectivity index (χ3v) is 7.49. The van der Waals surface area contributed by atoms with Gasteiger partial charge in [0.05, 0.1) is 30.4 Å². The molecule has 2 heterocycles. The highest BCUT2D eigenvalue weighted by atomic mass is 16.5. The summed E-state index contributed by atoms with van der Waals surface area (Å²) in [4.78, 5) is 41.4. The number of aromatic nitrogens is 1. The molecule has 3 aromatic rings. The van der Waals surface area contributed by atoms with E-state index in [1.165, 1.54) is 0 Å². The number of fused-ring (bicyclic) bond motifs is 3. The van der Waals surface area contributed by atoms with Gasteiger partial charge in [0.1, 0.15) is 0 Å². The summed E-state index contributed by atoms with van der Waals surface area (Å²) in [5, 5.41) is 5.86. The molecule has 178 valence electrons. The lowest BCUT2D eigenvalue weighted by Gasteiger charge is -2.44. The molecule has 2 aliphatic carbocycles. The number of amides is 1. The number of hydrogen-bond donors (Lipinski definition) is 1. The quantitative estimate of drug-likeness (QED) is 0.461. The fourth-order valence-electron chi connectivity index (χ4n) is 5.84. The van der Waals surface area contributed by atoms with Gasteiger partial charge in [-0.1, -0.05) is 29.4 Å². The molecule has 0 spiro atoms. The number of Topliss-reactive ketones (excluding diaryl/α,β-unsaturated/α-hetero) is 2. The zero-order valence-electron chi connectivity index (χ0n) is 19.3. The van der Waals surface area contributed by atoms with E-state index in [4.69, 9.17) is 15.0 Å². The number of hydrogen-bond acceptors (Lipinski definition) is 7. The van der Waals surface area contributed by atoms with Gasteiger partial charge in [-0.2, -0.15) is 0 Å². The Labute approximate surface area is 201 Å². The van der Waals surface area contributed by atoms with E-state index in [9.17, 15) is 14.4 Å². The standard InChI is InChI=1S/C27H25N3O5/c1-14-9-23(35-29-14)17-4-2-3-15-10-19-16(11-18(15)17)12-20-22(30-5-7-34-8-6-30)13-21(27(28)33)26(32)24(20)25(19)31/h2-4,9-11,13,20,22,24H,5-8,12H2,1H3,(H2,28,33). The second-order valence-corrected chi connectivity index (χ2v) is 9.53. The molecular formula is C27H25N3O5. The lowest BCUT2D eigenvalue weighted by atomic mass is 9.65. The fraction of sp³-hybridized carbons (Fsp3) is 0.333. The number of nitrogens with zero attached hydrogens (tertiary/aromatic N) is 2. The topological polar surface area (TPSA) is 116 Å². The van der Waals surface area contributed by atoms with Gasteiger partial charge in [-0.15, -0.1) is 0 Å². The molecular weight excluding hydrogens is 446 g/mol. The van der Waals surface area contributed by atoms with Crippen LogP contribution in [0.15, 0.2) is 52.6 Å². The number of primary amides is 1. The van der Waals surface area contributed by atoms with Crippen molar-refractivity contribution in [2.24, 2.45) is 17.6 Å². The first kappa shape index (κ1) is 21.9. The second-order valence-electron chi connectivity index (χ2n) is 9.53. The average Bonchev–Trinajstić information content (AvgIpc) is 3.29. The molecule has 1 amide bonds. The van der Waals surface area contributed by atoms with Crippen LogP contribution in [0, 0.1) is 18.8 Å². The first-order chi connectivity index (χ1) is 16.9. The Morgan fingerprint density at radius 1 is 1.09 bits per heavy atom. The molecule has 0 saturated carbocycles. The number of benzene rings is 2. The van der Waals surface area contributed by atoms with Crippen molar-refractivity contribution >= 4 is 28.2 Å². The zero-order chi connectivity index (χ0) is 24.3. The molecule has 8 nitrogen and oxygen atoms in total. The summed E-state index contributed by atoms with van der Waals surface area (Å²) in [5.41, 5.74) is 8.62. The molecule has 0 radical (unpaired) electrons. The van der Waals surface area contributed by atoms with Crippen LogP contribution < -0.4 is 5.73 Å². The van der Waals surface area contributed by atoms with Gasteiger partial charge in [0.25, 0.3) is 5.91 Å². The summed E-state index contributed by atoms with van der Waals surface area (Å²) in [5.74, 6) is -2.01. The van der Waals surface area contributed by atoms with Gasteiger partial charge in [0, 0.05) is 36.3 Å². The van der Waals surface area contributed by atoms with Crippen molar-refractivity contribution in [1.82, 2.24) is 10.1 Å². The molecule has 35 heavy (non-hydrogen) atoms. The number of nitrogens with two attached hydrogens (primary N) is 1. The minimum Gasteiger partial charge on any atom is -0.379 e. The van der Waals surface area contributed by atoms with Crippen molar-refractivity contribution in [3.8, 4) is 11.3 Å². The van der Waals surface area contributed by atoms with Crippen LogP contribution in [0.2, 0.25) is 0 Å².